The molecule has 22 heteroatoms. The molecule has 0 spiro atoms. The molecule has 536 valence electrons. The first-order valence-electron chi connectivity index (χ1n) is 35.2. The molecule has 21 nitrogen and oxygen atoms in total. The summed E-state index contributed by atoms with van der Waals surface area (Å²) in [5, 5.41) is 57.8. The number of para-hydroxylation sites is 2. The molecule has 6 saturated carbocycles. The number of hydrogen-bond donors (Lipinski definition) is 8. The molecule has 3 aliphatic heterocycles. The van der Waals surface area contributed by atoms with E-state index in [0.29, 0.717) is 118 Å². The van der Waals surface area contributed by atoms with Crippen LogP contribution in [-0.4, -0.2) is 176 Å². The number of carbonyl (C=O) groups is 4. The number of aliphatic hydroxyl groups is 4. The molecule has 8 N–H and O–H groups in total. The first kappa shape index (κ1) is 73.0. The summed E-state index contributed by atoms with van der Waals surface area (Å²) in [6.45, 7) is 18.0. The quantitative estimate of drug-likeness (QED) is 0.0290. The summed E-state index contributed by atoms with van der Waals surface area (Å²) in [4.78, 5) is 69.0. The molecule has 0 unspecified atom stereocenters. The SMILES string of the molecule is COc1c(CN2O[C@@H](CO)[C@@H]([C@H](C)O)[C@H]2C(=O)N[C@H]2C[C@H]3C[C@@H]([C@@H]2C)C3(C)C)cccc1-c1ccc(F)c(C(=O)NCCN(C)C)c1.COc1c(CN2O[C@@H](CO)[C@H]([C@H](C)O)[C@H]2C(=O)N[C@H]2C[C@H]3C[C@@H]([C@@H]2C)C3(C)C)cccc1-c1cc2c(c(C(=O)NCCc3ccccc3)c1)OCO2. The smallest absolute Gasteiger partial charge is 0.255 e. The summed E-state index contributed by atoms with van der Waals surface area (Å²) >= 11 is 0. The van der Waals surface area contributed by atoms with Crippen LogP contribution in [0.5, 0.6) is 23.0 Å². The van der Waals surface area contributed by atoms with Crippen molar-refractivity contribution in [1.29, 1.82) is 0 Å². The topological polar surface area (TPSA) is 262 Å². The second-order valence-electron chi connectivity index (χ2n) is 30.0. The Hall–Kier alpha value is -7.25. The molecule has 14 rings (SSSR count). The maximum absolute atomic E-state index is 14.8. The Kier molecular flexibility index (Phi) is 22.5. The Morgan fingerprint density at radius 3 is 1.61 bits per heavy atom. The molecule has 9 aliphatic rings. The van der Waals surface area contributed by atoms with Gasteiger partial charge in [-0.1, -0.05) is 114 Å². The predicted molar refractivity (Wildman–Crippen MR) is 371 cm³/mol. The molecule has 5 aromatic rings. The van der Waals surface area contributed by atoms with Crippen molar-refractivity contribution in [1.82, 2.24) is 36.3 Å². The Bertz CT molecular complexity index is 3700. The lowest BCUT2D eigenvalue weighted by molar-refractivity contribution is -0.183. The molecule has 0 radical (unpaired) electrons. The molecule has 0 aromatic heterocycles. The average molecular weight is 1370 g/mol. The van der Waals surface area contributed by atoms with Crippen molar-refractivity contribution in [2.24, 2.45) is 58.2 Å². The van der Waals surface area contributed by atoms with E-state index in [1.807, 2.05) is 91.8 Å². The van der Waals surface area contributed by atoms with Crippen LogP contribution in [0.15, 0.2) is 97.1 Å². The number of methoxy groups -OCH3 is 2. The standard InChI is InChI=1S/C41H51N3O8.C36H51FN4O6/c1-23-31-18-28(41(31,3)4)19-32(23)43-40(48)36-35(24(2)46)34(21-45)52-44(36)20-26-12-9-13-29(37(26)49-5)27-16-30(38-33(17-27)50-22-51-38)39(47)42-15-14-25-10-7-6-8-11-25;1-20-27-16-24(36(27,3)4)17-29(20)39-35(45)32-31(21(2)43)30(19-42)47-41(32)18-23-9-8-10-25(33(23)46-7)22-11-12-28(37)26(15-22)34(44)38-13-14-40(5)6/h6-13,16-17,23-24,28,31-32,34-36,45-46H,14-15,18-22H2,1-5H3,(H,42,47)(H,43,48);8-12,15,20-21,24,27,29-32,42-43H,13-14,16-19H2,1-7H3,(H,38,44)(H,39,45)/t23-,24-,28+,31-,32-,34-,35-,36-;20-,21-,24+,27-,29-,30-,31+,32-/m00/s1. The molecule has 6 aliphatic carbocycles. The Morgan fingerprint density at radius 2 is 1.13 bits per heavy atom. The number of ether oxygens (including phenoxy) is 4. The van der Waals surface area contributed by atoms with Gasteiger partial charge in [-0.15, -0.1) is 0 Å². The van der Waals surface area contributed by atoms with E-state index in [1.165, 1.54) is 32.1 Å². The normalized spacial score (nSPS) is 28.3. The van der Waals surface area contributed by atoms with Gasteiger partial charge in [0.2, 0.25) is 18.6 Å². The van der Waals surface area contributed by atoms with Crippen molar-refractivity contribution in [2.75, 3.05) is 68.0 Å². The van der Waals surface area contributed by atoms with E-state index in [4.69, 9.17) is 28.6 Å². The third kappa shape index (κ3) is 14.8. The summed E-state index contributed by atoms with van der Waals surface area (Å²) in [5.41, 5.74) is 5.98. The second kappa shape index (κ2) is 30.5. The van der Waals surface area contributed by atoms with Gasteiger partial charge in [0, 0.05) is 65.8 Å². The number of rotatable bonds is 24. The highest BCUT2D eigenvalue weighted by molar-refractivity contribution is 6.00. The van der Waals surface area contributed by atoms with Crippen LogP contribution in [-0.2, 0) is 38.8 Å². The molecule has 3 heterocycles. The van der Waals surface area contributed by atoms with Crippen LogP contribution < -0.4 is 40.2 Å². The zero-order valence-corrected chi connectivity index (χ0v) is 59.3. The third-order valence-corrected chi connectivity index (χ3v) is 23.3. The van der Waals surface area contributed by atoms with E-state index in [-0.39, 0.29) is 79.3 Å². The van der Waals surface area contributed by atoms with Crippen LogP contribution in [0.2, 0.25) is 0 Å². The third-order valence-electron chi connectivity index (χ3n) is 23.3. The Morgan fingerprint density at radius 1 is 0.636 bits per heavy atom. The summed E-state index contributed by atoms with van der Waals surface area (Å²) in [5.74, 6) is 1.55. The summed E-state index contributed by atoms with van der Waals surface area (Å²) in [6.07, 6.45) is 1.54. The van der Waals surface area contributed by atoms with Gasteiger partial charge in [0.15, 0.2) is 11.5 Å². The van der Waals surface area contributed by atoms with Gasteiger partial charge in [-0.2, -0.15) is 10.1 Å². The largest absolute Gasteiger partial charge is 0.496 e. The number of carbonyl (C=O) groups excluding carboxylic acids is 4. The number of halogens is 1. The molecular formula is C77H102FN7O14. The fraction of sp³-hybridized carbons (Fsp3) is 0.558. The predicted octanol–water partition coefficient (Wildman–Crippen LogP) is 8.18. The van der Waals surface area contributed by atoms with Gasteiger partial charge in [0.05, 0.1) is 63.9 Å². The van der Waals surface area contributed by atoms with Gasteiger partial charge in [0.1, 0.15) is 41.6 Å². The molecule has 5 aromatic carbocycles. The lowest BCUT2D eigenvalue weighted by atomic mass is 9.45. The van der Waals surface area contributed by atoms with Crippen LogP contribution in [0.25, 0.3) is 22.3 Å². The number of hydroxylamine groups is 4. The number of likely N-dealkylation sites (N-methyl/N-ethyl adjacent to an activating group) is 1. The molecule has 4 bridgehead atoms. The van der Waals surface area contributed by atoms with E-state index in [0.717, 1.165) is 24.0 Å². The highest BCUT2D eigenvalue weighted by Gasteiger charge is 2.59. The fourth-order valence-corrected chi connectivity index (χ4v) is 17.4. The van der Waals surface area contributed by atoms with Crippen molar-refractivity contribution >= 4 is 23.6 Å². The van der Waals surface area contributed by atoms with Crippen molar-refractivity contribution in [3.8, 4) is 45.3 Å². The van der Waals surface area contributed by atoms with Gasteiger partial charge < -0.3 is 65.5 Å². The van der Waals surface area contributed by atoms with E-state index in [1.54, 1.807) is 43.2 Å². The molecule has 2 saturated heterocycles. The summed E-state index contributed by atoms with van der Waals surface area (Å²) in [6, 6.07) is 27.5. The van der Waals surface area contributed by atoms with Crippen molar-refractivity contribution in [3.05, 3.63) is 131 Å². The van der Waals surface area contributed by atoms with Gasteiger partial charge >= 0.3 is 0 Å². The van der Waals surface area contributed by atoms with Crippen LogP contribution in [0.4, 0.5) is 4.39 Å². The zero-order valence-electron chi connectivity index (χ0n) is 59.3. The van der Waals surface area contributed by atoms with Crippen LogP contribution >= 0.6 is 0 Å². The number of hydrogen-bond acceptors (Lipinski definition) is 17. The highest BCUT2D eigenvalue weighted by Crippen LogP contribution is 2.62. The van der Waals surface area contributed by atoms with Gasteiger partial charge in [-0.25, -0.2) is 4.39 Å². The Balaban J connectivity index is 0.000000201. The monoisotopic (exact) mass is 1370 g/mol. The van der Waals surface area contributed by atoms with Gasteiger partial charge in [-0.3, -0.25) is 28.9 Å². The number of amides is 4. The van der Waals surface area contributed by atoms with Crippen molar-refractivity contribution < 1.29 is 72.6 Å². The van der Waals surface area contributed by atoms with Crippen LogP contribution in [0.1, 0.15) is 118 Å². The minimum atomic E-state index is -0.918. The van der Waals surface area contributed by atoms with E-state index < -0.39 is 60.1 Å². The molecule has 99 heavy (non-hydrogen) atoms. The Labute approximate surface area is 581 Å². The van der Waals surface area contributed by atoms with E-state index >= 15 is 0 Å². The van der Waals surface area contributed by atoms with E-state index in [2.05, 4.69) is 62.8 Å². The number of nitrogens with one attached hydrogen (secondary N) is 4. The van der Waals surface area contributed by atoms with Gasteiger partial charge in [0.25, 0.3) is 11.8 Å². The lowest BCUT2D eigenvalue weighted by Crippen LogP contribution is -2.62. The van der Waals surface area contributed by atoms with Gasteiger partial charge in [-0.05, 0) is 147 Å². The number of aliphatic hydroxyl groups excluding tert-OH is 4. The maximum Gasteiger partial charge on any atom is 0.255 e. The first-order chi connectivity index (χ1) is 47.3. The van der Waals surface area contributed by atoms with E-state index in [9.17, 15) is 44.0 Å². The van der Waals surface area contributed by atoms with Crippen LogP contribution in [0.3, 0.4) is 0 Å². The molecule has 16 atom stereocenters. The number of fused-ring (bicyclic) bond motifs is 5. The minimum Gasteiger partial charge on any atom is -0.496 e. The minimum absolute atomic E-state index is 0.00515. The van der Waals surface area contributed by atoms with Crippen molar-refractivity contribution in [3.63, 3.8) is 0 Å². The van der Waals surface area contributed by atoms with Crippen LogP contribution in [0, 0.1) is 64.0 Å². The summed E-state index contributed by atoms with van der Waals surface area (Å²) in [7, 11) is 6.89. The lowest BCUT2D eigenvalue weighted by Gasteiger charge is -2.62. The highest BCUT2D eigenvalue weighted by atomic mass is 19.1. The molecular weight excluding hydrogens is 1270 g/mol. The molecule has 4 amide bonds. The first-order valence-corrected chi connectivity index (χ1v) is 35.2. The molecule has 8 fully saturated rings. The zero-order chi connectivity index (χ0) is 70.9. The second-order valence-corrected chi connectivity index (χ2v) is 30.0. The number of nitrogens with zero attached hydrogens (tertiary/aromatic N) is 3. The maximum atomic E-state index is 14.8. The fourth-order valence-electron chi connectivity index (χ4n) is 17.4. The van der Waals surface area contributed by atoms with Crippen molar-refractivity contribution in [2.45, 2.75) is 149 Å². The summed E-state index contributed by atoms with van der Waals surface area (Å²) < 4.78 is 38.2. The number of benzene rings is 5. The average Bonchev–Trinajstić information content (AvgIpc) is 1.23.